The first-order chi connectivity index (χ1) is 8.78. The fourth-order valence-corrected chi connectivity index (χ4v) is 1.49. The molecule has 2 aromatic heterocycles. The molecule has 0 aliphatic carbocycles. The largest absolute Gasteiger partial charge is 0.475 e. The molecule has 2 rings (SSSR count). The quantitative estimate of drug-likeness (QED) is 0.818. The first-order valence-electron chi connectivity index (χ1n) is 5.77. The van der Waals surface area contributed by atoms with E-state index in [1.807, 2.05) is 25.1 Å². The second kappa shape index (κ2) is 6.07. The maximum atomic E-state index is 8.62. The van der Waals surface area contributed by atoms with Crippen LogP contribution in [0.15, 0.2) is 34.9 Å². The van der Waals surface area contributed by atoms with Gasteiger partial charge in [0.05, 0.1) is 25.0 Å². The average Bonchev–Trinajstić information content (AvgIpc) is 2.81. The van der Waals surface area contributed by atoms with Crippen LogP contribution in [0.5, 0.6) is 5.88 Å². The Kier molecular flexibility index (Phi) is 4.20. The Labute approximate surface area is 105 Å². The topological polar surface area (TPSA) is 67.5 Å². The molecule has 2 aromatic rings. The SMILES string of the molecule is Cc1ccc(CNc2ccc(OCCO)nc2)o1. The molecule has 0 unspecified atom stereocenters. The van der Waals surface area contributed by atoms with E-state index in [1.165, 1.54) is 0 Å². The van der Waals surface area contributed by atoms with Gasteiger partial charge in [-0.2, -0.15) is 0 Å². The second-order valence-electron chi connectivity index (χ2n) is 3.82. The number of hydrogen-bond donors (Lipinski definition) is 2. The smallest absolute Gasteiger partial charge is 0.213 e. The highest BCUT2D eigenvalue weighted by atomic mass is 16.5. The van der Waals surface area contributed by atoms with Crippen molar-refractivity contribution in [2.75, 3.05) is 18.5 Å². The number of rotatable bonds is 6. The second-order valence-corrected chi connectivity index (χ2v) is 3.82. The van der Waals surface area contributed by atoms with Crippen molar-refractivity contribution in [2.24, 2.45) is 0 Å². The van der Waals surface area contributed by atoms with Gasteiger partial charge in [0.1, 0.15) is 18.1 Å². The molecule has 5 heteroatoms. The number of aliphatic hydroxyl groups is 1. The Morgan fingerprint density at radius 1 is 1.33 bits per heavy atom. The van der Waals surface area contributed by atoms with Gasteiger partial charge in [-0.1, -0.05) is 0 Å². The van der Waals surface area contributed by atoms with Crippen LogP contribution < -0.4 is 10.1 Å². The zero-order chi connectivity index (χ0) is 12.8. The van der Waals surface area contributed by atoms with E-state index in [-0.39, 0.29) is 13.2 Å². The number of aliphatic hydroxyl groups excluding tert-OH is 1. The van der Waals surface area contributed by atoms with Crippen molar-refractivity contribution < 1.29 is 14.3 Å². The molecule has 0 fully saturated rings. The number of aromatic nitrogens is 1. The van der Waals surface area contributed by atoms with Gasteiger partial charge in [-0.15, -0.1) is 0 Å². The molecular formula is C13H16N2O3. The highest BCUT2D eigenvalue weighted by Gasteiger charge is 2.00. The van der Waals surface area contributed by atoms with Crippen LogP contribution >= 0.6 is 0 Å². The number of anilines is 1. The number of aryl methyl sites for hydroxylation is 1. The molecule has 0 radical (unpaired) electrons. The van der Waals surface area contributed by atoms with Gasteiger partial charge >= 0.3 is 0 Å². The third-order valence-electron chi connectivity index (χ3n) is 2.34. The molecule has 0 aliphatic rings. The number of pyridine rings is 1. The zero-order valence-corrected chi connectivity index (χ0v) is 10.2. The monoisotopic (exact) mass is 248 g/mol. The van der Waals surface area contributed by atoms with Gasteiger partial charge in [0.2, 0.25) is 5.88 Å². The van der Waals surface area contributed by atoms with Gasteiger partial charge in [-0.05, 0) is 25.1 Å². The molecule has 0 bridgehead atoms. The summed E-state index contributed by atoms with van der Waals surface area (Å²) in [5, 5.41) is 11.8. The minimum Gasteiger partial charge on any atom is -0.475 e. The van der Waals surface area contributed by atoms with E-state index in [2.05, 4.69) is 10.3 Å². The van der Waals surface area contributed by atoms with Crippen LogP contribution in [-0.4, -0.2) is 23.3 Å². The molecule has 96 valence electrons. The van der Waals surface area contributed by atoms with Crippen molar-refractivity contribution in [1.82, 2.24) is 4.98 Å². The summed E-state index contributed by atoms with van der Waals surface area (Å²) in [5.74, 6) is 2.29. The molecule has 18 heavy (non-hydrogen) atoms. The lowest BCUT2D eigenvalue weighted by atomic mass is 10.4. The summed E-state index contributed by atoms with van der Waals surface area (Å²) >= 11 is 0. The maximum absolute atomic E-state index is 8.62. The number of ether oxygens (including phenoxy) is 1. The van der Waals surface area contributed by atoms with Crippen molar-refractivity contribution in [2.45, 2.75) is 13.5 Å². The van der Waals surface area contributed by atoms with E-state index >= 15 is 0 Å². The molecule has 0 saturated carbocycles. The summed E-state index contributed by atoms with van der Waals surface area (Å²) in [5.41, 5.74) is 0.889. The highest BCUT2D eigenvalue weighted by molar-refractivity contribution is 5.42. The molecule has 0 aromatic carbocycles. The summed E-state index contributed by atoms with van der Waals surface area (Å²) in [6.45, 7) is 2.77. The van der Waals surface area contributed by atoms with Gasteiger partial charge in [-0.3, -0.25) is 0 Å². The Morgan fingerprint density at radius 3 is 2.83 bits per heavy atom. The van der Waals surface area contributed by atoms with Crippen LogP contribution in [0.4, 0.5) is 5.69 Å². The Balaban J connectivity index is 1.86. The van der Waals surface area contributed by atoms with Crippen LogP contribution in [0.3, 0.4) is 0 Å². The van der Waals surface area contributed by atoms with Crippen molar-refractivity contribution >= 4 is 5.69 Å². The normalized spacial score (nSPS) is 10.3. The number of furan rings is 1. The molecule has 5 nitrogen and oxygen atoms in total. The Morgan fingerprint density at radius 2 is 2.22 bits per heavy atom. The molecule has 2 N–H and O–H groups in total. The molecule has 0 aliphatic heterocycles. The third-order valence-corrected chi connectivity index (χ3v) is 2.34. The van der Waals surface area contributed by atoms with Crippen molar-refractivity contribution in [3.63, 3.8) is 0 Å². The van der Waals surface area contributed by atoms with Crippen molar-refractivity contribution in [3.05, 3.63) is 42.0 Å². The lowest BCUT2D eigenvalue weighted by Crippen LogP contribution is -2.03. The van der Waals surface area contributed by atoms with Crippen molar-refractivity contribution in [1.29, 1.82) is 0 Å². The van der Waals surface area contributed by atoms with E-state index < -0.39 is 0 Å². The predicted octanol–water partition coefficient (Wildman–Crippen LogP) is 1.97. The summed E-state index contributed by atoms with van der Waals surface area (Å²) < 4.78 is 10.6. The van der Waals surface area contributed by atoms with E-state index in [0.717, 1.165) is 17.2 Å². The minimum absolute atomic E-state index is 0.0144. The van der Waals surface area contributed by atoms with Crippen molar-refractivity contribution in [3.8, 4) is 5.88 Å². The summed E-state index contributed by atoms with van der Waals surface area (Å²) in [4.78, 5) is 4.11. The average molecular weight is 248 g/mol. The summed E-state index contributed by atoms with van der Waals surface area (Å²) in [7, 11) is 0. The number of nitrogens with zero attached hydrogens (tertiary/aromatic N) is 1. The number of nitrogens with one attached hydrogen (secondary N) is 1. The molecular weight excluding hydrogens is 232 g/mol. The highest BCUT2D eigenvalue weighted by Crippen LogP contribution is 2.13. The molecule has 0 saturated heterocycles. The van der Waals surface area contributed by atoms with Gasteiger partial charge in [-0.25, -0.2) is 4.98 Å². The fourth-order valence-electron chi connectivity index (χ4n) is 1.49. The van der Waals surface area contributed by atoms with Crippen LogP contribution in [0, 0.1) is 6.92 Å². The lowest BCUT2D eigenvalue weighted by Gasteiger charge is -2.06. The van der Waals surface area contributed by atoms with E-state index in [0.29, 0.717) is 12.4 Å². The van der Waals surface area contributed by atoms with Gasteiger partial charge in [0.25, 0.3) is 0 Å². The van der Waals surface area contributed by atoms with E-state index in [4.69, 9.17) is 14.3 Å². The third kappa shape index (κ3) is 3.49. The summed E-state index contributed by atoms with van der Waals surface area (Å²) in [6.07, 6.45) is 1.68. The van der Waals surface area contributed by atoms with Crippen LogP contribution in [0.25, 0.3) is 0 Å². The molecule has 0 atom stereocenters. The minimum atomic E-state index is -0.0144. The predicted molar refractivity (Wildman–Crippen MR) is 67.6 cm³/mol. The van der Waals surface area contributed by atoms with Gasteiger partial charge in [0.15, 0.2) is 0 Å². The van der Waals surface area contributed by atoms with E-state index in [1.54, 1.807) is 12.3 Å². The Bertz CT molecular complexity index is 479. The van der Waals surface area contributed by atoms with E-state index in [9.17, 15) is 0 Å². The molecule has 2 heterocycles. The lowest BCUT2D eigenvalue weighted by molar-refractivity contribution is 0.196. The van der Waals surface area contributed by atoms with Gasteiger partial charge in [0, 0.05) is 6.07 Å². The first-order valence-corrected chi connectivity index (χ1v) is 5.77. The standard InChI is InChI=1S/C13H16N2O3/c1-10-2-4-12(18-10)9-14-11-3-5-13(15-8-11)17-7-6-16/h2-5,8,14,16H,6-7,9H2,1H3. The van der Waals surface area contributed by atoms with Gasteiger partial charge < -0.3 is 19.6 Å². The van der Waals surface area contributed by atoms with Crippen LogP contribution in [0.1, 0.15) is 11.5 Å². The maximum Gasteiger partial charge on any atom is 0.213 e. The molecule has 0 spiro atoms. The summed E-state index contributed by atoms with van der Waals surface area (Å²) in [6, 6.07) is 7.50. The Hall–Kier alpha value is -2.01. The fraction of sp³-hybridized carbons (Fsp3) is 0.308. The molecule has 0 amide bonds. The zero-order valence-electron chi connectivity index (χ0n) is 10.2. The number of hydrogen-bond acceptors (Lipinski definition) is 5. The first kappa shape index (κ1) is 12.4. The van der Waals surface area contributed by atoms with Crippen LogP contribution in [0.2, 0.25) is 0 Å². The van der Waals surface area contributed by atoms with Crippen LogP contribution in [-0.2, 0) is 6.54 Å².